The molecule has 1 unspecified atom stereocenters. The molecule has 1 fully saturated rings. The van der Waals surface area contributed by atoms with E-state index in [2.05, 4.69) is 20.6 Å². The quantitative estimate of drug-likeness (QED) is 0.239. The van der Waals surface area contributed by atoms with E-state index in [1.54, 1.807) is 19.2 Å². The molecule has 1 atom stereocenters. The molecule has 1 saturated heterocycles. The van der Waals surface area contributed by atoms with Gasteiger partial charge in [-0.2, -0.15) is 13.2 Å². The van der Waals surface area contributed by atoms with Crippen molar-refractivity contribution in [2.24, 2.45) is 4.99 Å². The Kier molecular flexibility index (Phi) is 9.28. The van der Waals surface area contributed by atoms with Crippen LogP contribution in [0.5, 0.6) is 5.88 Å². The van der Waals surface area contributed by atoms with Crippen LogP contribution in [0.25, 0.3) is 0 Å². The first kappa shape index (κ1) is 25.9. The highest BCUT2D eigenvalue weighted by Gasteiger charge is 2.29. The van der Waals surface area contributed by atoms with Crippen molar-refractivity contribution in [1.82, 2.24) is 15.6 Å². The third kappa shape index (κ3) is 7.35. The number of aromatic nitrogens is 1. The van der Waals surface area contributed by atoms with Crippen molar-refractivity contribution in [1.29, 1.82) is 0 Å². The fourth-order valence-electron chi connectivity index (χ4n) is 3.24. The maximum atomic E-state index is 14.0. The van der Waals surface area contributed by atoms with E-state index in [-0.39, 0.29) is 42.4 Å². The number of halogens is 6. The van der Waals surface area contributed by atoms with Gasteiger partial charge in [0.1, 0.15) is 11.6 Å². The standard InChI is InChI=1S/C20H22F5N5O.HI/c1-26-19(28-10-13-3-2-7-27-18(13)31-12-20(23,24)25)29-15-6-8-30(11-15)17-5-4-14(21)9-16(17)22;/h2-5,7,9,15H,6,8,10-12H2,1H3,(H2,26,28,29);1H. The number of rotatable bonds is 6. The van der Waals surface area contributed by atoms with Gasteiger partial charge in [0.15, 0.2) is 12.6 Å². The number of anilines is 1. The summed E-state index contributed by atoms with van der Waals surface area (Å²) >= 11 is 0. The largest absolute Gasteiger partial charge is 0.468 e. The van der Waals surface area contributed by atoms with Crippen molar-refractivity contribution in [3.8, 4) is 5.88 Å². The molecule has 0 bridgehead atoms. The zero-order valence-corrected chi connectivity index (χ0v) is 19.5. The molecule has 0 amide bonds. The number of benzene rings is 1. The maximum Gasteiger partial charge on any atom is 0.422 e. The number of nitrogens with zero attached hydrogens (tertiary/aromatic N) is 3. The van der Waals surface area contributed by atoms with Crippen LogP contribution in [-0.4, -0.2) is 49.9 Å². The van der Waals surface area contributed by atoms with Gasteiger partial charge in [-0.25, -0.2) is 13.8 Å². The van der Waals surface area contributed by atoms with Gasteiger partial charge in [0.2, 0.25) is 5.88 Å². The minimum Gasteiger partial charge on any atom is -0.468 e. The van der Waals surface area contributed by atoms with Crippen LogP contribution in [0.1, 0.15) is 12.0 Å². The van der Waals surface area contributed by atoms with Crippen molar-refractivity contribution < 1.29 is 26.7 Å². The average Bonchev–Trinajstić information content (AvgIpc) is 3.17. The van der Waals surface area contributed by atoms with Gasteiger partial charge in [-0.3, -0.25) is 4.99 Å². The van der Waals surface area contributed by atoms with Crippen LogP contribution in [0.4, 0.5) is 27.6 Å². The Labute approximate surface area is 199 Å². The highest BCUT2D eigenvalue weighted by molar-refractivity contribution is 14.0. The Bertz CT molecular complexity index is 927. The smallest absolute Gasteiger partial charge is 0.422 e. The van der Waals surface area contributed by atoms with E-state index in [1.807, 2.05) is 4.90 Å². The molecule has 2 N–H and O–H groups in total. The number of hydrogen-bond acceptors (Lipinski definition) is 4. The highest BCUT2D eigenvalue weighted by atomic mass is 127. The van der Waals surface area contributed by atoms with Crippen LogP contribution in [0.15, 0.2) is 41.5 Å². The Morgan fingerprint density at radius 1 is 1.28 bits per heavy atom. The molecule has 0 spiro atoms. The second-order valence-electron chi connectivity index (χ2n) is 6.97. The molecule has 1 aliphatic heterocycles. The van der Waals surface area contributed by atoms with E-state index >= 15 is 0 Å². The lowest BCUT2D eigenvalue weighted by molar-refractivity contribution is -0.154. The molecule has 1 aromatic heterocycles. The predicted molar refractivity (Wildman–Crippen MR) is 122 cm³/mol. The van der Waals surface area contributed by atoms with Crippen molar-refractivity contribution in [3.63, 3.8) is 0 Å². The van der Waals surface area contributed by atoms with Crippen molar-refractivity contribution in [3.05, 3.63) is 53.7 Å². The fraction of sp³-hybridized carbons (Fsp3) is 0.400. The number of guanidine groups is 1. The van der Waals surface area contributed by atoms with Gasteiger partial charge >= 0.3 is 6.18 Å². The van der Waals surface area contributed by atoms with Crippen LogP contribution in [0.3, 0.4) is 0 Å². The number of ether oxygens (including phenoxy) is 1. The average molecular weight is 571 g/mol. The van der Waals surface area contributed by atoms with E-state index in [9.17, 15) is 22.0 Å². The minimum atomic E-state index is -4.46. The van der Waals surface area contributed by atoms with Crippen LogP contribution in [0.2, 0.25) is 0 Å². The molecule has 2 heterocycles. The molecule has 176 valence electrons. The van der Waals surface area contributed by atoms with Crippen molar-refractivity contribution >= 4 is 35.6 Å². The third-order valence-electron chi connectivity index (χ3n) is 4.67. The molecule has 6 nitrogen and oxygen atoms in total. The molecule has 0 aliphatic carbocycles. The molecule has 1 aliphatic rings. The first-order valence-electron chi connectivity index (χ1n) is 9.56. The number of pyridine rings is 1. The monoisotopic (exact) mass is 571 g/mol. The summed E-state index contributed by atoms with van der Waals surface area (Å²) in [6.07, 6.45) is -2.41. The van der Waals surface area contributed by atoms with Crippen LogP contribution in [0, 0.1) is 11.6 Å². The Balaban J connectivity index is 0.00000363. The van der Waals surface area contributed by atoms with Crippen molar-refractivity contribution in [2.45, 2.75) is 25.2 Å². The van der Waals surface area contributed by atoms with E-state index in [4.69, 9.17) is 4.74 Å². The summed E-state index contributed by atoms with van der Waals surface area (Å²) in [6, 6.07) is 6.62. The molecule has 32 heavy (non-hydrogen) atoms. The van der Waals surface area contributed by atoms with Crippen LogP contribution >= 0.6 is 24.0 Å². The topological polar surface area (TPSA) is 61.8 Å². The summed E-state index contributed by atoms with van der Waals surface area (Å²) in [6.45, 7) is -0.225. The molecule has 2 aromatic rings. The van der Waals surface area contributed by atoms with Gasteiger partial charge in [0, 0.05) is 50.6 Å². The van der Waals surface area contributed by atoms with Gasteiger partial charge in [-0.1, -0.05) is 6.07 Å². The maximum absolute atomic E-state index is 14.0. The number of aliphatic imine (C=N–C) groups is 1. The predicted octanol–water partition coefficient (Wildman–Crippen LogP) is 3.86. The second kappa shape index (κ2) is 11.5. The van der Waals surface area contributed by atoms with E-state index in [0.29, 0.717) is 36.7 Å². The SMILES string of the molecule is CN=C(NCc1cccnc1OCC(F)(F)F)NC1CCN(c2ccc(F)cc2F)C1.I. The van der Waals surface area contributed by atoms with Gasteiger partial charge in [-0.05, 0) is 24.6 Å². The first-order valence-corrected chi connectivity index (χ1v) is 9.56. The molecule has 0 saturated carbocycles. The minimum absolute atomic E-state index is 0. The van der Waals surface area contributed by atoms with Crippen LogP contribution < -0.4 is 20.3 Å². The third-order valence-corrected chi connectivity index (χ3v) is 4.67. The molecule has 0 radical (unpaired) electrons. The highest BCUT2D eigenvalue weighted by Crippen LogP contribution is 2.24. The van der Waals surface area contributed by atoms with Gasteiger partial charge in [0.25, 0.3) is 0 Å². The summed E-state index contributed by atoms with van der Waals surface area (Å²) in [5.74, 6) is -0.932. The molecule has 1 aromatic carbocycles. The lowest BCUT2D eigenvalue weighted by atomic mass is 10.2. The summed E-state index contributed by atoms with van der Waals surface area (Å²) in [5, 5.41) is 6.22. The number of alkyl halides is 3. The number of hydrogen-bond donors (Lipinski definition) is 2. The van der Waals surface area contributed by atoms with E-state index in [0.717, 1.165) is 6.07 Å². The lowest BCUT2D eigenvalue weighted by Gasteiger charge is -2.21. The normalized spacial score (nSPS) is 16.5. The first-order chi connectivity index (χ1) is 14.7. The van der Waals surface area contributed by atoms with E-state index < -0.39 is 24.4 Å². The molecule has 3 rings (SSSR count). The van der Waals surface area contributed by atoms with Crippen LogP contribution in [-0.2, 0) is 6.54 Å². The van der Waals surface area contributed by atoms with Crippen molar-refractivity contribution in [2.75, 3.05) is 31.6 Å². The summed E-state index contributed by atoms with van der Waals surface area (Å²) in [7, 11) is 1.56. The van der Waals surface area contributed by atoms with Gasteiger partial charge in [-0.15, -0.1) is 24.0 Å². The lowest BCUT2D eigenvalue weighted by Crippen LogP contribution is -2.44. The summed E-state index contributed by atoms with van der Waals surface area (Å²) in [4.78, 5) is 9.78. The Morgan fingerprint density at radius 3 is 2.75 bits per heavy atom. The summed E-state index contributed by atoms with van der Waals surface area (Å²) < 4.78 is 69.2. The zero-order chi connectivity index (χ0) is 22.4. The fourth-order valence-corrected chi connectivity index (χ4v) is 3.24. The molecular weight excluding hydrogens is 548 g/mol. The van der Waals surface area contributed by atoms with Gasteiger partial charge < -0.3 is 20.3 Å². The van der Waals surface area contributed by atoms with E-state index in [1.165, 1.54) is 18.3 Å². The molecular formula is C20H23F5IN5O. The second-order valence-corrected chi connectivity index (χ2v) is 6.97. The Hall–Kier alpha value is -2.38. The molecule has 12 heteroatoms. The Morgan fingerprint density at radius 2 is 2.06 bits per heavy atom. The summed E-state index contributed by atoms with van der Waals surface area (Å²) in [5.41, 5.74) is 0.770. The van der Waals surface area contributed by atoms with Gasteiger partial charge in [0.05, 0.1) is 5.69 Å². The number of nitrogens with one attached hydrogen (secondary N) is 2. The zero-order valence-electron chi connectivity index (χ0n) is 17.1.